The highest BCUT2D eigenvalue weighted by Crippen LogP contribution is 2.56. The van der Waals surface area contributed by atoms with Crippen LogP contribution in [0.4, 0.5) is 4.39 Å². The Kier molecular flexibility index (Phi) is 3.35. The zero-order valence-corrected chi connectivity index (χ0v) is 11.4. The molecule has 0 atom stereocenters. The summed E-state index contributed by atoms with van der Waals surface area (Å²) in [5.74, 6) is 2.10. The minimum Gasteiger partial charge on any atom is -0.207 e. The van der Waals surface area contributed by atoms with Crippen molar-refractivity contribution in [2.45, 2.75) is 4.08 Å². The van der Waals surface area contributed by atoms with Crippen molar-refractivity contribution in [3.8, 4) is 0 Å². The number of thioether (sulfide) groups is 2. The van der Waals surface area contributed by atoms with E-state index < -0.39 is 0 Å². The van der Waals surface area contributed by atoms with Crippen LogP contribution in [0.3, 0.4) is 0 Å². The lowest BCUT2D eigenvalue weighted by atomic mass is 10.0. The number of rotatable bonds is 2. The van der Waals surface area contributed by atoms with Gasteiger partial charge in [0.1, 0.15) is 9.90 Å². The molecule has 0 nitrogen and oxygen atoms in total. The molecule has 1 saturated heterocycles. The maximum absolute atomic E-state index is 13.1. The summed E-state index contributed by atoms with van der Waals surface area (Å²) in [6.07, 6.45) is 0. The van der Waals surface area contributed by atoms with Crippen LogP contribution in [-0.2, 0) is 4.08 Å². The minimum atomic E-state index is -0.171. The van der Waals surface area contributed by atoms with E-state index in [1.165, 1.54) is 11.1 Å². The number of hydrogen-bond donors (Lipinski definition) is 0. The van der Waals surface area contributed by atoms with Crippen LogP contribution in [0.5, 0.6) is 0 Å². The van der Waals surface area contributed by atoms with Gasteiger partial charge in [-0.25, -0.2) is 4.39 Å². The lowest BCUT2D eigenvalue weighted by Crippen LogP contribution is -2.16. The molecule has 1 aliphatic heterocycles. The van der Waals surface area contributed by atoms with Crippen LogP contribution in [-0.4, -0.2) is 11.5 Å². The van der Waals surface area contributed by atoms with Gasteiger partial charge >= 0.3 is 0 Å². The van der Waals surface area contributed by atoms with Crippen molar-refractivity contribution in [2.24, 2.45) is 0 Å². The van der Waals surface area contributed by atoms with E-state index in [1.807, 2.05) is 41.7 Å². The van der Waals surface area contributed by atoms with Gasteiger partial charge in [0, 0.05) is 11.5 Å². The molecule has 2 aromatic rings. The molecule has 92 valence electrons. The Balaban J connectivity index is 2.10. The third-order valence-corrected chi connectivity index (χ3v) is 6.61. The summed E-state index contributed by atoms with van der Waals surface area (Å²) >= 11 is 3.88. The molecular formula is C15H13FS2. The van der Waals surface area contributed by atoms with Gasteiger partial charge in [-0.15, -0.1) is 23.5 Å². The van der Waals surface area contributed by atoms with Crippen molar-refractivity contribution in [1.29, 1.82) is 0 Å². The normalized spacial score (nSPS) is 17.8. The van der Waals surface area contributed by atoms with E-state index in [-0.39, 0.29) is 9.90 Å². The second-order valence-electron chi connectivity index (χ2n) is 4.19. The van der Waals surface area contributed by atoms with Gasteiger partial charge in [-0.3, -0.25) is 0 Å². The SMILES string of the molecule is Fc1ccc(C2(c3ccccc3)SCCS2)cc1. The maximum Gasteiger partial charge on any atom is 0.123 e. The van der Waals surface area contributed by atoms with Gasteiger partial charge in [0.2, 0.25) is 0 Å². The molecule has 0 aliphatic carbocycles. The average molecular weight is 276 g/mol. The quantitative estimate of drug-likeness (QED) is 0.791. The third-order valence-electron chi connectivity index (χ3n) is 3.07. The highest BCUT2D eigenvalue weighted by molar-refractivity contribution is 8.20. The fraction of sp³-hybridized carbons (Fsp3) is 0.200. The molecule has 2 aromatic carbocycles. The Morgan fingerprint density at radius 1 is 0.778 bits per heavy atom. The van der Waals surface area contributed by atoms with E-state index in [0.717, 1.165) is 11.5 Å². The summed E-state index contributed by atoms with van der Waals surface area (Å²) < 4.78 is 13.0. The molecule has 0 radical (unpaired) electrons. The average Bonchev–Trinajstić information content (AvgIpc) is 2.91. The maximum atomic E-state index is 13.1. The van der Waals surface area contributed by atoms with Crippen molar-refractivity contribution < 1.29 is 4.39 Å². The second-order valence-corrected chi connectivity index (χ2v) is 7.06. The molecule has 1 heterocycles. The Morgan fingerprint density at radius 3 is 1.94 bits per heavy atom. The molecule has 0 saturated carbocycles. The standard InChI is InChI=1S/C15H13FS2/c16-14-8-6-13(7-9-14)15(17-10-11-18-15)12-4-2-1-3-5-12/h1-9H,10-11H2. The van der Waals surface area contributed by atoms with Crippen LogP contribution in [0.2, 0.25) is 0 Å². The zero-order chi connectivity index (χ0) is 12.4. The summed E-state index contributed by atoms with van der Waals surface area (Å²) in [5, 5.41) is 0. The molecule has 3 rings (SSSR count). The van der Waals surface area contributed by atoms with Crippen molar-refractivity contribution in [2.75, 3.05) is 11.5 Å². The summed E-state index contributed by atoms with van der Waals surface area (Å²) in [7, 11) is 0. The Labute approximate surface area is 115 Å². The summed E-state index contributed by atoms with van der Waals surface area (Å²) in [4.78, 5) is 0. The molecule has 0 amide bonds. The van der Waals surface area contributed by atoms with Gasteiger partial charge in [0.05, 0.1) is 0 Å². The van der Waals surface area contributed by atoms with E-state index in [2.05, 4.69) is 24.3 Å². The van der Waals surface area contributed by atoms with Gasteiger partial charge in [-0.2, -0.15) is 0 Å². The van der Waals surface area contributed by atoms with E-state index in [9.17, 15) is 4.39 Å². The van der Waals surface area contributed by atoms with E-state index in [0.29, 0.717) is 0 Å². The lowest BCUT2D eigenvalue weighted by Gasteiger charge is -2.28. The molecule has 0 unspecified atom stereocenters. The summed E-state index contributed by atoms with van der Waals surface area (Å²) in [6.45, 7) is 0. The Bertz CT molecular complexity index is 516. The minimum absolute atomic E-state index is 0.0606. The largest absolute Gasteiger partial charge is 0.207 e. The first-order chi connectivity index (χ1) is 8.81. The zero-order valence-electron chi connectivity index (χ0n) is 9.80. The Morgan fingerprint density at radius 2 is 1.33 bits per heavy atom. The molecular weight excluding hydrogens is 263 g/mol. The van der Waals surface area contributed by atoms with Crippen molar-refractivity contribution in [1.82, 2.24) is 0 Å². The van der Waals surface area contributed by atoms with Crippen molar-refractivity contribution in [3.05, 3.63) is 71.5 Å². The van der Waals surface area contributed by atoms with Crippen LogP contribution in [0.1, 0.15) is 11.1 Å². The molecule has 1 aliphatic rings. The van der Waals surface area contributed by atoms with Crippen LogP contribution in [0.15, 0.2) is 54.6 Å². The first-order valence-electron chi connectivity index (χ1n) is 5.91. The Hall–Kier alpha value is -0.930. The van der Waals surface area contributed by atoms with Crippen LogP contribution in [0, 0.1) is 5.82 Å². The summed E-state index contributed by atoms with van der Waals surface area (Å²) in [6, 6.07) is 17.4. The number of benzene rings is 2. The number of hydrogen-bond acceptors (Lipinski definition) is 2. The fourth-order valence-electron chi connectivity index (χ4n) is 2.24. The molecule has 0 spiro atoms. The third kappa shape index (κ3) is 2.06. The van der Waals surface area contributed by atoms with Crippen molar-refractivity contribution >= 4 is 23.5 Å². The molecule has 3 heteroatoms. The van der Waals surface area contributed by atoms with Gasteiger partial charge < -0.3 is 0 Å². The van der Waals surface area contributed by atoms with Crippen LogP contribution >= 0.6 is 23.5 Å². The first kappa shape index (κ1) is 12.1. The predicted molar refractivity (Wildman–Crippen MR) is 78.5 cm³/mol. The summed E-state index contributed by atoms with van der Waals surface area (Å²) in [5.41, 5.74) is 2.48. The van der Waals surface area contributed by atoms with Gasteiger partial charge in [-0.05, 0) is 23.3 Å². The highest BCUT2D eigenvalue weighted by atomic mass is 32.2. The highest BCUT2D eigenvalue weighted by Gasteiger charge is 2.39. The van der Waals surface area contributed by atoms with E-state index in [1.54, 1.807) is 12.1 Å². The topological polar surface area (TPSA) is 0 Å². The molecule has 0 bridgehead atoms. The van der Waals surface area contributed by atoms with E-state index >= 15 is 0 Å². The van der Waals surface area contributed by atoms with Crippen molar-refractivity contribution in [3.63, 3.8) is 0 Å². The van der Waals surface area contributed by atoms with Gasteiger partial charge in [0.15, 0.2) is 0 Å². The second kappa shape index (κ2) is 4.98. The fourth-order valence-corrected chi connectivity index (χ4v) is 5.53. The molecule has 0 N–H and O–H groups in total. The van der Waals surface area contributed by atoms with E-state index in [4.69, 9.17) is 0 Å². The predicted octanol–water partition coefficient (Wildman–Crippen LogP) is 4.51. The monoisotopic (exact) mass is 276 g/mol. The first-order valence-corrected chi connectivity index (χ1v) is 7.88. The molecule has 18 heavy (non-hydrogen) atoms. The molecule has 1 fully saturated rings. The van der Waals surface area contributed by atoms with Gasteiger partial charge in [-0.1, -0.05) is 42.5 Å². The smallest absolute Gasteiger partial charge is 0.123 e. The van der Waals surface area contributed by atoms with Gasteiger partial charge in [0.25, 0.3) is 0 Å². The molecule has 0 aromatic heterocycles. The van der Waals surface area contributed by atoms with Crippen LogP contribution in [0.25, 0.3) is 0 Å². The van der Waals surface area contributed by atoms with Crippen LogP contribution < -0.4 is 0 Å². The lowest BCUT2D eigenvalue weighted by molar-refractivity contribution is 0.627. The number of halogens is 1.